The van der Waals surface area contributed by atoms with Crippen molar-refractivity contribution in [2.45, 2.75) is 69.3 Å². The quantitative estimate of drug-likeness (QED) is 0.0959. The largest absolute Gasteiger partial charge is 0.374 e. The Balaban J connectivity index is 1.30. The number of hydrogen-bond acceptors (Lipinski definition) is 7. The second-order valence-electron chi connectivity index (χ2n) is 11.5. The van der Waals surface area contributed by atoms with Gasteiger partial charge in [-0.15, -0.1) is 6.58 Å². The summed E-state index contributed by atoms with van der Waals surface area (Å²) >= 11 is 0. The van der Waals surface area contributed by atoms with Crippen LogP contribution in [-0.4, -0.2) is 43.9 Å². The molecular weight excluding hydrogens is 580 g/mol. The van der Waals surface area contributed by atoms with E-state index in [0.717, 1.165) is 35.1 Å². The van der Waals surface area contributed by atoms with Crippen molar-refractivity contribution in [2.24, 2.45) is 0 Å². The van der Waals surface area contributed by atoms with Gasteiger partial charge < -0.3 is 28.4 Å². The predicted molar refractivity (Wildman–Crippen MR) is 174 cm³/mol. The summed E-state index contributed by atoms with van der Waals surface area (Å²) in [6.07, 6.45) is 0.426. The van der Waals surface area contributed by atoms with Gasteiger partial charge in [0.05, 0.1) is 33.0 Å². The predicted octanol–water partition coefficient (Wildman–Crippen LogP) is 7.31. The Kier molecular flexibility index (Phi) is 11.4. The Labute approximate surface area is 271 Å². The summed E-state index contributed by atoms with van der Waals surface area (Å²) in [6, 6.07) is 39.9. The van der Waals surface area contributed by atoms with Gasteiger partial charge in [0.15, 0.2) is 6.29 Å². The molecule has 2 fully saturated rings. The molecule has 240 valence electrons. The molecule has 4 aromatic rings. The molecule has 0 saturated carbocycles. The van der Waals surface area contributed by atoms with Gasteiger partial charge in [-0.25, -0.2) is 0 Å². The first-order valence-corrected chi connectivity index (χ1v) is 16.0. The lowest BCUT2D eigenvalue weighted by Crippen LogP contribution is -2.59. The van der Waals surface area contributed by atoms with Crippen LogP contribution in [-0.2, 0) is 59.0 Å². The first kappa shape index (κ1) is 32.3. The summed E-state index contributed by atoms with van der Waals surface area (Å²) in [5.74, 6) is -1.48. The van der Waals surface area contributed by atoms with Crippen LogP contribution in [0.5, 0.6) is 0 Å². The molecule has 46 heavy (non-hydrogen) atoms. The lowest BCUT2D eigenvalue weighted by Gasteiger charge is -2.42. The third-order valence-electron chi connectivity index (χ3n) is 8.09. The van der Waals surface area contributed by atoms with Gasteiger partial charge in [0, 0.05) is 5.56 Å². The molecule has 0 aliphatic carbocycles. The zero-order valence-corrected chi connectivity index (χ0v) is 26.0. The van der Waals surface area contributed by atoms with Crippen LogP contribution in [0.2, 0.25) is 0 Å². The smallest absolute Gasteiger partial charge is 0.314 e. The van der Waals surface area contributed by atoms with E-state index in [2.05, 4.69) is 6.58 Å². The number of fused-ring (bicyclic) bond motifs is 1. The van der Waals surface area contributed by atoms with Gasteiger partial charge in [0.1, 0.15) is 24.4 Å². The number of benzene rings is 4. The molecule has 1 unspecified atom stereocenters. The van der Waals surface area contributed by atoms with E-state index < -0.39 is 36.7 Å². The lowest BCUT2D eigenvalue weighted by molar-refractivity contribution is -0.367. The van der Waals surface area contributed by atoms with Gasteiger partial charge in [-0.3, -0.25) is 4.74 Å². The van der Waals surface area contributed by atoms with Crippen LogP contribution in [0.4, 0.5) is 0 Å². The van der Waals surface area contributed by atoms with Crippen LogP contribution in [0.3, 0.4) is 0 Å². The molecule has 7 heteroatoms. The normalized spacial score (nSPS) is 25.6. The van der Waals surface area contributed by atoms with E-state index in [9.17, 15) is 0 Å². The second kappa shape index (κ2) is 16.3. The van der Waals surface area contributed by atoms with Crippen LogP contribution in [0.1, 0.15) is 35.1 Å². The van der Waals surface area contributed by atoms with Crippen LogP contribution in [0.15, 0.2) is 134 Å². The van der Waals surface area contributed by atoms with Crippen molar-refractivity contribution in [2.75, 3.05) is 13.2 Å². The monoisotopic (exact) mass is 622 g/mol. The van der Waals surface area contributed by atoms with Gasteiger partial charge in [-0.1, -0.05) is 127 Å². The summed E-state index contributed by atoms with van der Waals surface area (Å²) in [6.45, 7) is 5.69. The van der Waals surface area contributed by atoms with Crippen molar-refractivity contribution in [1.29, 1.82) is 0 Å². The molecule has 0 bridgehead atoms. The SMILES string of the molecule is C=CCCCOC1(c2ccccc2)O[C@H]2O[C@H](COCc3ccccc3)[C@@H](OCc3ccccc3)[C@H](OCc3ccccc3)[C@H]2O1. The fourth-order valence-corrected chi connectivity index (χ4v) is 5.75. The Morgan fingerprint density at radius 1 is 0.652 bits per heavy atom. The lowest BCUT2D eigenvalue weighted by atomic mass is 9.98. The summed E-state index contributed by atoms with van der Waals surface area (Å²) in [4.78, 5) is 0. The summed E-state index contributed by atoms with van der Waals surface area (Å²) in [5, 5.41) is 0. The van der Waals surface area contributed by atoms with Crippen molar-refractivity contribution >= 4 is 0 Å². The molecule has 0 amide bonds. The Bertz CT molecular complexity index is 1450. The molecule has 7 nitrogen and oxygen atoms in total. The highest BCUT2D eigenvalue weighted by Crippen LogP contribution is 2.45. The summed E-state index contributed by atoms with van der Waals surface area (Å²) < 4.78 is 46.1. The van der Waals surface area contributed by atoms with Gasteiger partial charge >= 0.3 is 5.97 Å². The minimum atomic E-state index is -1.48. The van der Waals surface area contributed by atoms with Crippen molar-refractivity contribution in [3.63, 3.8) is 0 Å². The van der Waals surface area contributed by atoms with Gasteiger partial charge in [0.2, 0.25) is 0 Å². The van der Waals surface area contributed by atoms with E-state index in [1.807, 2.05) is 127 Å². The maximum absolute atomic E-state index is 6.78. The third kappa shape index (κ3) is 8.18. The third-order valence-corrected chi connectivity index (χ3v) is 8.09. The zero-order chi connectivity index (χ0) is 31.4. The van der Waals surface area contributed by atoms with Crippen molar-refractivity contribution in [1.82, 2.24) is 0 Å². The standard InChI is InChI=1S/C39H42O7/c1-2-3-16-25-43-39(33-23-14-7-15-24-33)45-37-36(42-28-32-21-12-6-13-22-32)35(41-27-31-19-10-5-11-20-31)34(44-38(37)46-39)29-40-26-30-17-8-4-9-18-30/h2,4-15,17-24,34-38H,1,3,16,25-29H2/t34-,35-,36+,37-,38-,39?/m1/s1. The fraction of sp³-hybridized carbons (Fsp3) is 0.333. The first-order valence-electron chi connectivity index (χ1n) is 16.0. The molecule has 0 N–H and O–H groups in total. The molecule has 2 aliphatic heterocycles. The molecule has 0 radical (unpaired) electrons. The maximum atomic E-state index is 6.78. The van der Waals surface area contributed by atoms with Gasteiger partial charge in [-0.05, 0) is 29.5 Å². The average molecular weight is 623 g/mol. The first-order chi connectivity index (χ1) is 22.7. The molecule has 2 aliphatic rings. The van der Waals surface area contributed by atoms with Crippen molar-refractivity contribution in [3.05, 3.63) is 156 Å². The Morgan fingerprint density at radius 2 is 1.20 bits per heavy atom. The van der Waals surface area contributed by atoms with E-state index in [4.69, 9.17) is 33.2 Å². The zero-order valence-electron chi connectivity index (χ0n) is 26.0. The van der Waals surface area contributed by atoms with Gasteiger partial charge in [-0.2, -0.15) is 0 Å². The number of hydrogen-bond donors (Lipinski definition) is 0. The van der Waals surface area contributed by atoms with Crippen LogP contribution < -0.4 is 0 Å². The molecule has 0 aromatic heterocycles. The fourth-order valence-electron chi connectivity index (χ4n) is 5.75. The van der Waals surface area contributed by atoms with Crippen molar-refractivity contribution < 1.29 is 33.2 Å². The Hall–Kier alpha value is -3.66. The molecule has 4 aromatic carbocycles. The molecule has 2 saturated heterocycles. The second-order valence-corrected chi connectivity index (χ2v) is 11.5. The van der Waals surface area contributed by atoms with E-state index in [1.54, 1.807) is 0 Å². The molecule has 6 rings (SSSR count). The maximum Gasteiger partial charge on any atom is 0.314 e. The highest BCUT2D eigenvalue weighted by atomic mass is 16.9. The highest BCUT2D eigenvalue weighted by Gasteiger charge is 2.60. The molecule has 0 spiro atoms. The minimum Gasteiger partial charge on any atom is -0.374 e. The van der Waals surface area contributed by atoms with Crippen molar-refractivity contribution in [3.8, 4) is 0 Å². The van der Waals surface area contributed by atoms with Gasteiger partial charge in [0.25, 0.3) is 0 Å². The van der Waals surface area contributed by atoms with E-state index in [0.29, 0.717) is 26.4 Å². The van der Waals surface area contributed by atoms with E-state index in [-0.39, 0.29) is 6.61 Å². The van der Waals surface area contributed by atoms with E-state index in [1.165, 1.54) is 0 Å². The number of rotatable bonds is 16. The van der Waals surface area contributed by atoms with Crippen LogP contribution >= 0.6 is 0 Å². The van der Waals surface area contributed by atoms with E-state index >= 15 is 0 Å². The highest BCUT2D eigenvalue weighted by molar-refractivity contribution is 5.20. The molecule has 2 heterocycles. The average Bonchev–Trinajstić information content (AvgIpc) is 3.49. The number of unbranched alkanes of at least 4 members (excludes halogenated alkanes) is 1. The number of ether oxygens (including phenoxy) is 7. The van der Waals surface area contributed by atoms with Crippen LogP contribution in [0.25, 0.3) is 0 Å². The topological polar surface area (TPSA) is 64.6 Å². The molecular formula is C39H42O7. The van der Waals surface area contributed by atoms with Crippen LogP contribution in [0, 0.1) is 0 Å². The Morgan fingerprint density at radius 3 is 1.78 bits per heavy atom. The summed E-state index contributed by atoms with van der Waals surface area (Å²) in [5.41, 5.74) is 3.90. The number of allylic oxidation sites excluding steroid dienone is 1. The summed E-state index contributed by atoms with van der Waals surface area (Å²) in [7, 11) is 0. The minimum absolute atomic E-state index is 0.269. The molecule has 6 atom stereocenters.